The van der Waals surface area contributed by atoms with Crippen LogP contribution in [0.1, 0.15) is 123 Å². The van der Waals surface area contributed by atoms with E-state index in [1.165, 1.54) is 83.5 Å². The fourth-order valence-electron chi connectivity index (χ4n) is 8.84. The quantitative estimate of drug-likeness (QED) is 0.395. The summed E-state index contributed by atoms with van der Waals surface area (Å²) >= 11 is 0. The van der Waals surface area contributed by atoms with E-state index in [-0.39, 0.29) is 5.41 Å². The normalized spacial score (nSPS) is 44.2. The number of nitrogens with zero attached hydrogens (tertiary/aromatic N) is 1. The molecule has 29 heavy (non-hydrogen) atoms. The van der Waals surface area contributed by atoms with Crippen LogP contribution in [0.4, 0.5) is 0 Å². The predicted octanol–water partition coefficient (Wildman–Crippen LogP) is 8.54. The Labute approximate surface area is 181 Å². The van der Waals surface area contributed by atoms with Gasteiger partial charge >= 0.3 is 0 Å². The van der Waals surface area contributed by atoms with Crippen LogP contribution >= 0.6 is 0 Å². The van der Waals surface area contributed by atoms with E-state index in [9.17, 15) is 5.26 Å². The molecule has 1 nitrogen and oxygen atoms in total. The summed E-state index contributed by atoms with van der Waals surface area (Å²) in [5.74, 6) is 7.12. The number of nitriles is 1. The summed E-state index contributed by atoms with van der Waals surface area (Å²) < 4.78 is 0. The zero-order valence-corrected chi connectivity index (χ0v) is 19.5. The summed E-state index contributed by atoms with van der Waals surface area (Å²) in [5, 5.41) is 9.82. The van der Waals surface area contributed by atoms with Gasteiger partial charge in [0, 0.05) is 0 Å². The third-order valence-electron chi connectivity index (χ3n) is 10.4. The molecule has 164 valence electrons. The summed E-state index contributed by atoms with van der Waals surface area (Å²) in [4.78, 5) is 0. The van der Waals surface area contributed by atoms with Crippen LogP contribution in [0.25, 0.3) is 0 Å². The summed E-state index contributed by atoms with van der Waals surface area (Å²) in [7, 11) is 0. The highest BCUT2D eigenvalue weighted by Crippen LogP contribution is 2.60. The van der Waals surface area contributed by atoms with Gasteiger partial charge in [-0.1, -0.05) is 65.2 Å². The van der Waals surface area contributed by atoms with E-state index in [0.717, 1.165) is 47.8 Å². The Morgan fingerprint density at radius 2 is 1.48 bits per heavy atom. The van der Waals surface area contributed by atoms with Gasteiger partial charge in [0.25, 0.3) is 0 Å². The van der Waals surface area contributed by atoms with Crippen LogP contribution in [-0.4, -0.2) is 0 Å². The second-order valence-electron chi connectivity index (χ2n) is 11.6. The summed E-state index contributed by atoms with van der Waals surface area (Å²) in [5.41, 5.74) is 0.0267. The van der Waals surface area contributed by atoms with Gasteiger partial charge in [0.15, 0.2) is 0 Å². The molecule has 0 aromatic rings. The van der Waals surface area contributed by atoms with Crippen LogP contribution in [0.3, 0.4) is 0 Å². The molecule has 0 spiro atoms. The number of fused-ring (bicyclic) bond motifs is 5. The second-order valence-corrected chi connectivity index (χ2v) is 11.6. The minimum atomic E-state index is 0.0267. The van der Waals surface area contributed by atoms with E-state index >= 15 is 0 Å². The lowest BCUT2D eigenvalue weighted by molar-refractivity contribution is -0.0713. The van der Waals surface area contributed by atoms with Crippen molar-refractivity contribution in [2.75, 3.05) is 0 Å². The van der Waals surface area contributed by atoms with Crippen LogP contribution in [-0.2, 0) is 0 Å². The largest absolute Gasteiger partial charge is 0.198 e. The first-order valence-corrected chi connectivity index (χ1v) is 13.6. The van der Waals surface area contributed by atoms with Crippen molar-refractivity contribution in [2.45, 2.75) is 123 Å². The van der Waals surface area contributed by atoms with Gasteiger partial charge in [0.05, 0.1) is 11.5 Å². The van der Waals surface area contributed by atoms with Crippen molar-refractivity contribution in [2.24, 2.45) is 46.8 Å². The van der Waals surface area contributed by atoms with Crippen LogP contribution in [0.5, 0.6) is 0 Å². The number of rotatable bonds is 7. The molecule has 4 fully saturated rings. The number of hydrogen-bond acceptors (Lipinski definition) is 1. The molecule has 0 aromatic carbocycles. The van der Waals surface area contributed by atoms with Gasteiger partial charge in [-0.2, -0.15) is 5.26 Å². The highest BCUT2D eigenvalue weighted by atomic mass is 14.6. The van der Waals surface area contributed by atoms with E-state index in [4.69, 9.17) is 0 Å². The second kappa shape index (κ2) is 9.75. The van der Waals surface area contributed by atoms with Crippen molar-refractivity contribution in [3.63, 3.8) is 0 Å². The molecule has 4 aliphatic rings. The average Bonchev–Trinajstić information content (AvgIpc) is 2.78. The van der Waals surface area contributed by atoms with Gasteiger partial charge in [0.2, 0.25) is 0 Å². The van der Waals surface area contributed by atoms with Crippen molar-refractivity contribution < 1.29 is 0 Å². The fraction of sp³-hybridized carbons (Fsp3) is 0.964. The molecule has 8 atom stereocenters. The maximum atomic E-state index is 9.82. The molecule has 4 saturated carbocycles. The first kappa shape index (κ1) is 21.7. The zero-order valence-electron chi connectivity index (χ0n) is 19.5. The standard InChI is InChI=1S/C28H47N/c1-3-5-6-7-8-10-21-11-9-12-25-23(21)15-16-26-24-17-18-28(4-2,20-29)19-22(24)13-14-27(25)26/h21-27H,3-19H2,1-2H3. The van der Waals surface area contributed by atoms with Crippen molar-refractivity contribution in [1.82, 2.24) is 0 Å². The van der Waals surface area contributed by atoms with E-state index in [0.29, 0.717) is 0 Å². The molecule has 8 unspecified atom stereocenters. The first-order valence-electron chi connectivity index (χ1n) is 13.6. The lowest BCUT2D eigenvalue weighted by Crippen LogP contribution is -2.49. The smallest absolute Gasteiger partial charge is 0.0689 e. The predicted molar refractivity (Wildman–Crippen MR) is 122 cm³/mol. The number of hydrogen-bond donors (Lipinski definition) is 0. The highest BCUT2D eigenvalue weighted by Gasteiger charge is 2.52. The summed E-state index contributed by atoms with van der Waals surface area (Å²) in [6, 6.07) is 2.76. The molecular weight excluding hydrogens is 350 g/mol. The SMILES string of the molecule is CCCCCCCC1CCCC2C1CCC1C3CCC(C#N)(CC)CC3CCC21. The molecule has 0 aromatic heterocycles. The maximum Gasteiger partial charge on any atom is 0.0689 e. The van der Waals surface area contributed by atoms with Crippen molar-refractivity contribution >= 4 is 0 Å². The maximum absolute atomic E-state index is 9.82. The Hall–Kier alpha value is -0.510. The Kier molecular flexibility index (Phi) is 7.30. The van der Waals surface area contributed by atoms with Gasteiger partial charge in [-0.25, -0.2) is 0 Å². The van der Waals surface area contributed by atoms with Gasteiger partial charge in [-0.05, 0) is 99.2 Å². The van der Waals surface area contributed by atoms with Crippen molar-refractivity contribution in [1.29, 1.82) is 5.26 Å². The monoisotopic (exact) mass is 397 g/mol. The molecule has 0 radical (unpaired) electrons. The van der Waals surface area contributed by atoms with Gasteiger partial charge in [-0.15, -0.1) is 0 Å². The molecule has 0 bridgehead atoms. The molecule has 0 amide bonds. The van der Waals surface area contributed by atoms with E-state index < -0.39 is 0 Å². The van der Waals surface area contributed by atoms with Crippen LogP contribution < -0.4 is 0 Å². The minimum absolute atomic E-state index is 0.0267. The van der Waals surface area contributed by atoms with Crippen molar-refractivity contribution in [3.05, 3.63) is 0 Å². The molecule has 4 aliphatic carbocycles. The Morgan fingerprint density at radius 1 is 0.759 bits per heavy atom. The molecule has 1 heteroatoms. The molecule has 0 aliphatic heterocycles. The average molecular weight is 398 g/mol. The zero-order chi connectivity index (χ0) is 20.3. The molecule has 0 saturated heterocycles. The summed E-state index contributed by atoms with van der Waals surface area (Å²) in [6.07, 6.45) is 24.3. The molecule has 0 heterocycles. The van der Waals surface area contributed by atoms with Crippen LogP contribution in [0.15, 0.2) is 0 Å². The van der Waals surface area contributed by atoms with Gasteiger partial charge in [0.1, 0.15) is 0 Å². The lowest BCUT2D eigenvalue weighted by Gasteiger charge is -2.57. The first-order chi connectivity index (χ1) is 14.2. The third kappa shape index (κ3) is 4.43. The van der Waals surface area contributed by atoms with E-state index in [1.54, 1.807) is 19.3 Å². The van der Waals surface area contributed by atoms with Gasteiger partial charge < -0.3 is 0 Å². The Morgan fingerprint density at radius 3 is 2.28 bits per heavy atom. The minimum Gasteiger partial charge on any atom is -0.198 e. The van der Waals surface area contributed by atoms with Crippen molar-refractivity contribution in [3.8, 4) is 6.07 Å². The number of unbranched alkanes of at least 4 members (excludes halogenated alkanes) is 4. The Bertz CT molecular complexity index is 561. The van der Waals surface area contributed by atoms with Gasteiger partial charge in [-0.3, -0.25) is 0 Å². The fourth-order valence-corrected chi connectivity index (χ4v) is 8.84. The molecule has 4 rings (SSSR count). The highest BCUT2D eigenvalue weighted by molar-refractivity contribution is 5.07. The third-order valence-corrected chi connectivity index (χ3v) is 10.4. The summed E-state index contributed by atoms with van der Waals surface area (Å²) in [6.45, 7) is 4.58. The lowest BCUT2D eigenvalue weighted by atomic mass is 9.48. The van der Waals surface area contributed by atoms with Crippen LogP contribution in [0, 0.1) is 58.2 Å². The molecule has 0 N–H and O–H groups in total. The topological polar surface area (TPSA) is 23.8 Å². The Balaban J connectivity index is 1.36. The van der Waals surface area contributed by atoms with E-state index in [2.05, 4.69) is 19.9 Å². The van der Waals surface area contributed by atoms with Crippen LogP contribution in [0.2, 0.25) is 0 Å². The molecular formula is C28H47N. The van der Waals surface area contributed by atoms with E-state index in [1.807, 2.05) is 0 Å².